The van der Waals surface area contributed by atoms with Gasteiger partial charge in [-0.05, 0) is 35.4 Å². The van der Waals surface area contributed by atoms with Crippen LogP contribution in [0.5, 0.6) is 0 Å². The minimum absolute atomic E-state index is 0.710. The van der Waals surface area contributed by atoms with Crippen LogP contribution in [-0.2, 0) is 19.6 Å². The smallest absolute Gasteiger partial charge is 0.0991 e. The highest BCUT2D eigenvalue weighted by molar-refractivity contribution is 5.32. The molecule has 0 saturated carbocycles. The topological polar surface area (TPSA) is 42.3 Å². The van der Waals surface area contributed by atoms with Crippen LogP contribution in [0.15, 0.2) is 48.5 Å². The van der Waals surface area contributed by atoms with Crippen molar-refractivity contribution in [3.63, 3.8) is 0 Å². The number of nitrogens with zero attached hydrogens (tertiary/aromatic N) is 3. The summed E-state index contributed by atoms with van der Waals surface area (Å²) >= 11 is 0. The fourth-order valence-corrected chi connectivity index (χ4v) is 3.43. The fraction of sp³-hybridized carbons (Fsp3) is 0.409. The second-order valence-electron chi connectivity index (χ2n) is 6.89. The molecule has 26 heavy (non-hydrogen) atoms. The normalized spacial score (nSPS) is 15.7. The Morgan fingerprint density at radius 2 is 1.54 bits per heavy atom. The maximum Gasteiger partial charge on any atom is 0.0991 e. The Hall–Kier alpha value is -2.19. The lowest BCUT2D eigenvalue weighted by molar-refractivity contribution is 0.131. The van der Waals surface area contributed by atoms with E-state index in [1.165, 1.54) is 29.8 Å². The number of nitrogens with one attached hydrogen (secondary N) is 1. The summed E-state index contributed by atoms with van der Waals surface area (Å²) in [5.41, 5.74) is 4.71. The molecule has 1 aliphatic heterocycles. The molecule has 0 amide bonds. The van der Waals surface area contributed by atoms with Crippen LogP contribution in [0.3, 0.4) is 0 Å². The third kappa shape index (κ3) is 5.15. The van der Waals surface area contributed by atoms with E-state index < -0.39 is 0 Å². The molecule has 1 aliphatic rings. The Morgan fingerprint density at radius 3 is 2.19 bits per heavy atom. The van der Waals surface area contributed by atoms with Gasteiger partial charge in [-0.1, -0.05) is 43.3 Å². The average Bonchev–Trinajstić information content (AvgIpc) is 2.70. The first kappa shape index (κ1) is 18.6. The van der Waals surface area contributed by atoms with E-state index in [1.54, 1.807) is 0 Å². The van der Waals surface area contributed by atoms with Crippen LogP contribution < -0.4 is 5.32 Å². The zero-order chi connectivity index (χ0) is 18.2. The molecule has 0 radical (unpaired) electrons. The molecule has 1 N–H and O–H groups in total. The molecule has 0 aromatic heterocycles. The first-order valence-corrected chi connectivity index (χ1v) is 9.49. The highest BCUT2D eigenvalue weighted by atomic mass is 15.3. The lowest BCUT2D eigenvalue weighted by atomic mass is 10.1. The molecule has 1 saturated heterocycles. The zero-order valence-corrected chi connectivity index (χ0v) is 15.6. The molecule has 136 valence electrons. The summed E-state index contributed by atoms with van der Waals surface area (Å²) in [6, 6.07) is 18.7. The molecule has 0 atom stereocenters. The fourth-order valence-electron chi connectivity index (χ4n) is 3.43. The van der Waals surface area contributed by atoms with Crippen LogP contribution in [0.4, 0.5) is 0 Å². The molecule has 0 aliphatic carbocycles. The van der Waals surface area contributed by atoms with Crippen LogP contribution in [0.2, 0.25) is 0 Å². The molecule has 4 heteroatoms. The van der Waals surface area contributed by atoms with Crippen molar-refractivity contribution in [1.29, 1.82) is 5.26 Å². The van der Waals surface area contributed by atoms with E-state index >= 15 is 0 Å². The second-order valence-corrected chi connectivity index (χ2v) is 6.89. The Kier molecular flexibility index (Phi) is 6.79. The third-order valence-corrected chi connectivity index (χ3v) is 5.15. The van der Waals surface area contributed by atoms with Gasteiger partial charge in [0.1, 0.15) is 0 Å². The predicted octanol–water partition coefficient (Wildman–Crippen LogP) is 2.99. The van der Waals surface area contributed by atoms with Crippen LogP contribution >= 0.6 is 0 Å². The molecule has 3 rings (SSSR count). The van der Waals surface area contributed by atoms with Gasteiger partial charge < -0.3 is 10.2 Å². The summed E-state index contributed by atoms with van der Waals surface area (Å²) in [5.74, 6) is 0. The van der Waals surface area contributed by atoms with Gasteiger partial charge in [-0.3, -0.25) is 4.90 Å². The Balaban J connectivity index is 1.53. The van der Waals surface area contributed by atoms with Gasteiger partial charge in [0.05, 0.1) is 11.6 Å². The lowest BCUT2D eigenvalue weighted by Crippen LogP contribution is -2.45. The highest BCUT2D eigenvalue weighted by Gasteiger charge is 2.16. The minimum atomic E-state index is 0.710. The van der Waals surface area contributed by atoms with Crippen molar-refractivity contribution in [3.8, 4) is 6.07 Å². The Labute approximate surface area is 157 Å². The van der Waals surface area contributed by atoms with E-state index in [0.29, 0.717) is 5.56 Å². The number of hydrogen-bond donors (Lipinski definition) is 1. The summed E-state index contributed by atoms with van der Waals surface area (Å²) in [7, 11) is 0. The van der Waals surface area contributed by atoms with Crippen LogP contribution in [0.25, 0.3) is 0 Å². The number of rotatable bonds is 7. The summed E-state index contributed by atoms with van der Waals surface area (Å²) in [6.45, 7) is 10.8. The summed E-state index contributed by atoms with van der Waals surface area (Å²) in [5, 5.41) is 12.4. The summed E-state index contributed by atoms with van der Waals surface area (Å²) in [4.78, 5) is 5.08. The van der Waals surface area contributed by atoms with Crippen molar-refractivity contribution in [3.05, 3.63) is 70.8 Å². The van der Waals surface area contributed by atoms with Gasteiger partial charge in [0.25, 0.3) is 0 Å². The van der Waals surface area contributed by atoms with E-state index in [9.17, 15) is 0 Å². The van der Waals surface area contributed by atoms with E-state index in [-0.39, 0.29) is 0 Å². The highest BCUT2D eigenvalue weighted by Crippen LogP contribution is 2.14. The SMILES string of the molecule is CCN1CCN(Cc2ccccc2CNCc2ccc(C#N)cc2)CC1. The Morgan fingerprint density at radius 1 is 0.885 bits per heavy atom. The maximum atomic E-state index is 8.87. The zero-order valence-electron chi connectivity index (χ0n) is 15.6. The van der Waals surface area contributed by atoms with E-state index in [2.05, 4.69) is 52.4 Å². The van der Waals surface area contributed by atoms with Gasteiger partial charge in [-0.15, -0.1) is 0 Å². The molecule has 2 aromatic carbocycles. The predicted molar refractivity (Wildman–Crippen MR) is 106 cm³/mol. The standard InChI is InChI=1S/C22H28N4/c1-2-25-11-13-26(14-12-25)18-22-6-4-3-5-21(22)17-24-16-20-9-7-19(15-23)8-10-20/h3-10,24H,2,11-14,16-18H2,1H3. The quantitative estimate of drug-likeness (QED) is 0.835. The number of benzene rings is 2. The van der Waals surface area contributed by atoms with E-state index in [0.717, 1.165) is 39.3 Å². The molecular formula is C22H28N4. The number of likely N-dealkylation sites (N-methyl/N-ethyl adjacent to an activating group) is 1. The number of hydrogen-bond acceptors (Lipinski definition) is 4. The lowest BCUT2D eigenvalue weighted by Gasteiger charge is -2.34. The van der Waals surface area contributed by atoms with Crippen molar-refractivity contribution in [2.45, 2.75) is 26.6 Å². The Bertz CT molecular complexity index is 725. The largest absolute Gasteiger partial charge is 0.309 e. The van der Waals surface area contributed by atoms with Crippen molar-refractivity contribution in [1.82, 2.24) is 15.1 Å². The first-order chi connectivity index (χ1) is 12.8. The summed E-state index contributed by atoms with van der Waals surface area (Å²) in [6.07, 6.45) is 0. The number of nitriles is 1. The van der Waals surface area contributed by atoms with Crippen molar-refractivity contribution >= 4 is 0 Å². The van der Waals surface area contributed by atoms with Gasteiger partial charge in [0, 0.05) is 45.8 Å². The van der Waals surface area contributed by atoms with Crippen molar-refractivity contribution < 1.29 is 0 Å². The van der Waals surface area contributed by atoms with Gasteiger partial charge in [-0.2, -0.15) is 5.26 Å². The van der Waals surface area contributed by atoms with E-state index in [1.807, 2.05) is 24.3 Å². The first-order valence-electron chi connectivity index (χ1n) is 9.49. The molecule has 1 heterocycles. The second kappa shape index (κ2) is 9.49. The van der Waals surface area contributed by atoms with Gasteiger partial charge in [0.2, 0.25) is 0 Å². The maximum absolute atomic E-state index is 8.87. The molecule has 0 spiro atoms. The monoisotopic (exact) mass is 348 g/mol. The molecule has 1 fully saturated rings. The van der Waals surface area contributed by atoms with Crippen LogP contribution in [0, 0.1) is 11.3 Å². The third-order valence-electron chi connectivity index (χ3n) is 5.15. The summed E-state index contributed by atoms with van der Waals surface area (Å²) < 4.78 is 0. The van der Waals surface area contributed by atoms with Gasteiger partial charge in [0.15, 0.2) is 0 Å². The average molecular weight is 348 g/mol. The van der Waals surface area contributed by atoms with Crippen molar-refractivity contribution in [2.75, 3.05) is 32.7 Å². The van der Waals surface area contributed by atoms with Gasteiger partial charge in [-0.25, -0.2) is 0 Å². The van der Waals surface area contributed by atoms with E-state index in [4.69, 9.17) is 5.26 Å². The molecule has 0 unspecified atom stereocenters. The molecular weight excluding hydrogens is 320 g/mol. The molecule has 0 bridgehead atoms. The molecule has 4 nitrogen and oxygen atoms in total. The molecule has 2 aromatic rings. The minimum Gasteiger partial charge on any atom is -0.309 e. The van der Waals surface area contributed by atoms with Crippen LogP contribution in [-0.4, -0.2) is 42.5 Å². The van der Waals surface area contributed by atoms with Crippen molar-refractivity contribution in [2.24, 2.45) is 0 Å². The van der Waals surface area contributed by atoms with Gasteiger partial charge >= 0.3 is 0 Å². The van der Waals surface area contributed by atoms with Crippen LogP contribution in [0.1, 0.15) is 29.2 Å². The number of piperazine rings is 1.